The first-order chi connectivity index (χ1) is 10.7. The van der Waals surface area contributed by atoms with Gasteiger partial charge in [0.15, 0.2) is 0 Å². The Morgan fingerprint density at radius 1 is 1.09 bits per heavy atom. The van der Waals surface area contributed by atoms with Gasteiger partial charge >= 0.3 is 13.7 Å². The smallest absolute Gasteiger partial charge is 0.416 e. The minimum atomic E-state index is -2.91. The van der Waals surface area contributed by atoms with Gasteiger partial charge in [-0.2, -0.15) is 8.78 Å². The lowest BCUT2D eigenvalue weighted by atomic mass is 9.78. The van der Waals surface area contributed by atoms with Gasteiger partial charge in [-0.05, 0) is 50.7 Å². The van der Waals surface area contributed by atoms with Crippen LogP contribution in [-0.2, 0) is 9.31 Å². The fourth-order valence-electron chi connectivity index (χ4n) is 2.47. The van der Waals surface area contributed by atoms with E-state index < -0.39 is 24.9 Å². The highest BCUT2D eigenvalue weighted by molar-refractivity contribution is 6.62. The van der Waals surface area contributed by atoms with Crippen molar-refractivity contribution in [2.45, 2.75) is 45.5 Å². The Morgan fingerprint density at radius 2 is 1.74 bits per heavy atom. The second-order valence-electron chi connectivity index (χ2n) is 6.56. The van der Waals surface area contributed by atoms with E-state index in [1.807, 2.05) is 33.8 Å². The maximum Gasteiger partial charge on any atom is 0.494 e. The van der Waals surface area contributed by atoms with Gasteiger partial charge in [-0.1, -0.05) is 12.1 Å². The molecule has 122 valence electrons. The molecule has 23 heavy (non-hydrogen) atoms. The topological polar surface area (TPSA) is 40.6 Å². The highest BCUT2D eigenvalue weighted by Crippen LogP contribution is 2.36. The zero-order valence-corrected chi connectivity index (χ0v) is 13.5. The highest BCUT2D eigenvalue weighted by Gasteiger charge is 2.51. The van der Waals surface area contributed by atoms with Crippen molar-refractivity contribution >= 4 is 23.4 Å². The normalized spacial score (nSPS) is 19.5. The van der Waals surface area contributed by atoms with Crippen LogP contribution >= 0.6 is 0 Å². The molecule has 1 saturated heterocycles. The number of nitrogens with zero attached hydrogens (tertiary/aromatic N) is 1. The van der Waals surface area contributed by atoms with E-state index in [1.165, 1.54) is 6.20 Å². The monoisotopic (exact) mass is 321 g/mol. The SMILES string of the molecule is CC1(C)OB(c2ccc3c(OC(F)F)nccc3c2)OC1(C)C. The van der Waals surface area contributed by atoms with Crippen LogP contribution in [0.3, 0.4) is 0 Å². The molecular weight excluding hydrogens is 303 g/mol. The van der Waals surface area contributed by atoms with Crippen LogP contribution in [0.1, 0.15) is 27.7 Å². The summed E-state index contributed by atoms with van der Waals surface area (Å²) < 4.78 is 41.3. The molecule has 0 spiro atoms. The third-order valence-electron chi connectivity index (χ3n) is 4.48. The van der Waals surface area contributed by atoms with E-state index in [9.17, 15) is 8.78 Å². The van der Waals surface area contributed by atoms with E-state index in [0.29, 0.717) is 5.39 Å². The van der Waals surface area contributed by atoms with Crippen LogP contribution in [0.5, 0.6) is 5.88 Å². The van der Waals surface area contributed by atoms with Crippen molar-refractivity contribution in [3.8, 4) is 5.88 Å². The minimum absolute atomic E-state index is 0.0852. The highest BCUT2D eigenvalue weighted by atomic mass is 19.3. The second kappa shape index (κ2) is 5.42. The van der Waals surface area contributed by atoms with Crippen molar-refractivity contribution in [3.05, 3.63) is 30.5 Å². The summed E-state index contributed by atoms with van der Waals surface area (Å²) in [6, 6.07) is 7.06. The van der Waals surface area contributed by atoms with Crippen molar-refractivity contribution in [1.29, 1.82) is 0 Å². The maximum atomic E-state index is 12.4. The average Bonchev–Trinajstić information content (AvgIpc) is 2.67. The second-order valence-corrected chi connectivity index (χ2v) is 6.56. The molecular formula is C16H18BF2NO3. The number of halogens is 2. The van der Waals surface area contributed by atoms with Crippen molar-refractivity contribution < 1.29 is 22.8 Å². The summed E-state index contributed by atoms with van der Waals surface area (Å²) in [4.78, 5) is 3.86. The fraction of sp³-hybridized carbons (Fsp3) is 0.438. The van der Waals surface area contributed by atoms with Crippen molar-refractivity contribution in [3.63, 3.8) is 0 Å². The molecule has 1 aromatic heterocycles. The predicted molar refractivity (Wildman–Crippen MR) is 84.1 cm³/mol. The summed E-state index contributed by atoms with van der Waals surface area (Å²) in [7, 11) is -0.503. The molecule has 0 amide bonds. The van der Waals surface area contributed by atoms with Gasteiger partial charge in [0.1, 0.15) is 0 Å². The molecule has 0 N–H and O–H groups in total. The van der Waals surface area contributed by atoms with E-state index in [-0.39, 0.29) is 5.88 Å². The maximum absolute atomic E-state index is 12.4. The fourth-order valence-corrected chi connectivity index (χ4v) is 2.47. The van der Waals surface area contributed by atoms with Crippen LogP contribution in [0.25, 0.3) is 10.8 Å². The number of hydrogen-bond donors (Lipinski definition) is 0. The van der Waals surface area contributed by atoms with Gasteiger partial charge in [-0.25, -0.2) is 4.98 Å². The Labute approximate surface area is 133 Å². The van der Waals surface area contributed by atoms with E-state index in [0.717, 1.165) is 10.8 Å². The molecule has 1 fully saturated rings. The summed E-state index contributed by atoms with van der Waals surface area (Å²) in [5, 5.41) is 1.26. The van der Waals surface area contributed by atoms with E-state index >= 15 is 0 Å². The summed E-state index contributed by atoms with van der Waals surface area (Å²) in [6.45, 7) is 5.01. The Morgan fingerprint density at radius 3 is 2.35 bits per heavy atom. The molecule has 2 heterocycles. The molecule has 1 aliphatic heterocycles. The molecule has 7 heteroatoms. The van der Waals surface area contributed by atoms with Crippen LogP contribution in [-0.4, -0.2) is 29.9 Å². The Balaban J connectivity index is 1.96. The molecule has 0 unspecified atom stereocenters. The van der Waals surface area contributed by atoms with Crippen LogP contribution in [0.15, 0.2) is 30.5 Å². The number of rotatable bonds is 3. The molecule has 4 nitrogen and oxygen atoms in total. The number of aromatic nitrogens is 1. The van der Waals surface area contributed by atoms with Gasteiger partial charge in [0.2, 0.25) is 5.88 Å². The quantitative estimate of drug-likeness (QED) is 0.815. The van der Waals surface area contributed by atoms with Crippen molar-refractivity contribution in [1.82, 2.24) is 4.98 Å². The molecule has 0 saturated carbocycles. The molecule has 0 aliphatic carbocycles. The van der Waals surface area contributed by atoms with Gasteiger partial charge in [0.25, 0.3) is 0 Å². The molecule has 1 aromatic carbocycles. The van der Waals surface area contributed by atoms with Crippen LogP contribution in [0.2, 0.25) is 0 Å². The van der Waals surface area contributed by atoms with Gasteiger partial charge < -0.3 is 14.0 Å². The first kappa shape index (κ1) is 16.1. The van der Waals surface area contributed by atoms with Gasteiger partial charge in [-0.3, -0.25) is 0 Å². The summed E-state index contributed by atoms with van der Waals surface area (Å²) in [5.41, 5.74) is -0.0470. The zero-order chi connectivity index (χ0) is 16.8. The van der Waals surface area contributed by atoms with E-state index in [1.54, 1.807) is 18.2 Å². The lowest BCUT2D eigenvalue weighted by molar-refractivity contribution is -0.0517. The van der Waals surface area contributed by atoms with Gasteiger partial charge in [0.05, 0.1) is 11.2 Å². The van der Waals surface area contributed by atoms with Crippen LogP contribution in [0, 0.1) is 0 Å². The first-order valence-corrected chi connectivity index (χ1v) is 7.39. The lowest BCUT2D eigenvalue weighted by Crippen LogP contribution is -2.41. The lowest BCUT2D eigenvalue weighted by Gasteiger charge is -2.32. The van der Waals surface area contributed by atoms with Gasteiger partial charge in [-0.15, -0.1) is 0 Å². The third-order valence-corrected chi connectivity index (χ3v) is 4.48. The van der Waals surface area contributed by atoms with Crippen LogP contribution in [0.4, 0.5) is 8.78 Å². The Bertz CT molecular complexity index is 720. The number of pyridine rings is 1. The zero-order valence-electron chi connectivity index (χ0n) is 13.5. The molecule has 3 rings (SSSR count). The van der Waals surface area contributed by atoms with E-state index in [4.69, 9.17) is 9.31 Å². The molecule has 0 bridgehead atoms. The molecule has 0 radical (unpaired) electrons. The van der Waals surface area contributed by atoms with Gasteiger partial charge in [0, 0.05) is 11.6 Å². The largest absolute Gasteiger partial charge is 0.494 e. The third kappa shape index (κ3) is 2.91. The summed E-state index contributed by atoms with van der Waals surface area (Å²) in [5.74, 6) is -0.0852. The molecule has 2 aromatic rings. The van der Waals surface area contributed by atoms with Crippen molar-refractivity contribution in [2.24, 2.45) is 0 Å². The number of ether oxygens (including phenoxy) is 1. The van der Waals surface area contributed by atoms with E-state index in [2.05, 4.69) is 9.72 Å². The first-order valence-electron chi connectivity index (χ1n) is 7.39. The van der Waals surface area contributed by atoms with Crippen LogP contribution < -0.4 is 10.2 Å². The summed E-state index contributed by atoms with van der Waals surface area (Å²) in [6.07, 6.45) is 1.44. The number of alkyl halides is 2. The molecule has 0 atom stereocenters. The number of benzene rings is 1. The summed E-state index contributed by atoms with van der Waals surface area (Å²) >= 11 is 0. The predicted octanol–water partition coefficient (Wildman–Crippen LogP) is 3.14. The minimum Gasteiger partial charge on any atom is -0.416 e. The van der Waals surface area contributed by atoms with Crippen molar-refractivity contribution in [2.75, 3.05) is 0 Å². The molecule has 1 aliphatic rings. The standard InChI is InChI=1S/C16H18BF2NO3/c1-15(2)16(3,4)23-17(22-15)11-5-6-12-10(9-11)7-8-20-13(12)21-14(18)19/h5-9,14H,1-4H3. The number of hydrogen-bond acceptors (Lipinski definition) is 4. The Hall–Kier alpha value is -1.73. The Kier molecular flexibility index (Phi) is 3.81. The number of fused-ring (bicyclic) bond motifs is 1. The average molecular weight is 321 g/mol.